The van der Waals surface area contributed by atoms with Crippen molar-refractivity contribution in [3.8, 4) is 0 Å². The minimum Gasteiger partial charge on any atom is -0.383 e. The van der Waals surface area contributed by atoms with Gasteiger partial charge in [-0.05, 0) is 18.1 Å². The highest BCUT2D eigenvalue weighted by atomic mass is 14.9. The Labute approximate surface area is 70.6 Å². The third-order valence-corrected chi connectivity index (χ3v) is 2.50. The van der Waals surface area contributed by atoms with Crippen molar-refractivity contribution < 1.29 is 0 Å². The van der Waals surface area contributed by atoms with Gasteiger partial charge in [0.15, 0.2) is 0 Å². The summed E-state index contributed by atoms with van der Waals surface area (Å²) in [5, 5.41) is 4.75. The lowest BCUT2D eigenvalue weighted by molar-refractivity contribution is 1.01. The predicted octanol–water partition coefficient (Wildman–Crippen LogP) is 2.14. The topological polar surface area (TPSA) is 27.8 Å². The zero-order valence-electron chi connectivity index (χ0n) is 6.72. The van der Waals surface area contributed by atoms with E-state index in [0.717, 1.165) is 13.0 Å². The summed E-state index contributed by atoms with van der Waals surface area (Å²) in [6.45, 7) is 1.06. The van der Waals surface area contributed by atoms with E-state index in [2.05, 4.69) is 28.5 Å². The minimum atomic E-state index is 1.06. The van der Waals surface area contributed by atoms with Crippen LogP contribution in [0.25, 0.3) is 10.9 Å². The summed E-state index contributed by atoms with van der Waals surface area (Å²) in [6, 6.07) is 6.44. The van der Waals surface area contributed by atoms with E-state index in [4.69, 9.17) is 0 Å². The van der Waals surface area contributed by atoms with Gasteiger partial charge in [0.1, 0.15) is 0 Å². The van der Waals surface area contributed by atoms with Gasteiger partial charge in [-0.25, -0.2) is 0 Å². The minimum absolute atomic E-state index is 1.06. The van der Waals surface area contributed by atoms with E-state index in [1.165, 1.54) is 22.2 Å². The van der Waals surface area contributed by atoms with Crippen LogP contribution < -0.4 is 5.32 Å². The Balaban J connectivity index is 2.50. The van der Waals surface area contributed by atoms with Crippen molar-refractivity contribution in [3.05, 3.63) is 30.0 Å². The molecule has 0 amide bonds. The molecule has 1 aromatic carbocycles. The molecule has 3 rings (SSSR count). The van der Waals surface area contributed by atoms with Crippen molar-refractivity contribution >= 4 is 16.6 Å². The quantitative estimate of drug-likeness (QED) is 0.604. The van der Waals surface area contributed by atoms with Crippen molar-refractivity contribution in [3.63, 3.8) is 0 Å². The molecule has 2 aromatic rings. The average Bonchev–Trinajstić information content (AvgIpc) is 2.52. The van der Waals surface area contributed by atoms with Gasteiger partial charge in [0.25, 0.3) is 0 Å². The summed E-state index contributed by atoms with van der Waals surface area (Å²) in [6.07, 6.45) is 3.19. The van der Waals surface area contributed by atoms with E-state index < -0.39 is 0 Å². The van der Waals surface area contributed by atoms with E-state index in [0.29, 0.717) is 0 Å². The summed E-state index contributed by atoms with van der Waals surface area (Å²) >= 11 is 0. The molecule has 1 aromatic heterocycles. The average molecular weight is 158 g/mol. The number of aromatic amines is 1. The van der Waals surface area contributed by atoms with Crippen molar-refractivity contribution in [1.82, 2.24) is 4.98 Å². The fraction of sp³-hybridized carbons (Fsp3) is 0.200. The molecule has 0 bridgehead atoms. The van der Waals surface area contributed by atoms with Crippen LogP contribution in [0, 0.1) is 0 Å². The second kappa shape index (κ2) is 2.03. The van der Waals surface area contributed by atoms with Crippen LogP contribution in [-0.2, 0) is 6.42 Å². The molecule has 0 fully saturated rings. The first-order valence-electron chi connectivity index (χ1n) is 4.28. The molecule has 12 heavy (non-hydrogen) atoms. The fourth-order valence-electron chi connectivity index (χ4n) is 1.94. The summed E-state index contributed by atoms with van der Waals surface area (Å²) in [5.41, 5.74) is 3.96. The van der Waals surface area contributed by atoms with Gasteiger partial charge in [-0.15, -0.1) is 0 Å². The molecule has 1 aliphatic heterocycles. The van der Waals surface area contributed by atoms with Crippen molar-refractivity contribution in [1.29, 1.82) is 0 Å². The predicted molar refractivity (Wildman–Crippen MR) is 50.5 cm³/mol. The molecule has 0 atom stereocenters. The first-order valence-corrected chi connectivity index (χ1v) is 4.28. The van der Waals surface area contributed by atoms with Crippen molar-refractivity contribution in [2.45, 2.75) is 6.42 Å². The molecule has 0 saturated heterocycles. The van der Waals surface area contributed by atoms with Crippen LogP contribution in [-0.4, -0.2) is 11.5 Å². The molecule has 60 valence electrons. The van der Waals surface area contributed by atoms with Crippen LogP contribution >= 0.6 is 0 Å². The largest absolute Gasteiger partial charge is 0.383 e. The van der Waals surface area contributed by atoms with Crippen LogP contribution in [0.2, 0.25) is 0 Å². The fourth-order valence-corrected chi connectivity index (χ4v) is 1.94. The highest BCUT2D eigenvalue weighted by Gasteiger charge is 2.11. The molecule has 0 aliphatic carbocycles. The third kappa shape index (κ3) is 0.644. The van der Waals surface area contributed by atoms with E-state index in [-0.39, 0.29) is 0 Å². The lowest BCUT2D eigenvalue weighted by Gasteiger charge is -2.13. The Bertz CT molecular complexity index is 428. The maximum absolute atomic E-state index is 3.38. The van der Waals surface area contributed by atoms with E-state index in [1.54, 1.807) is 0 Å². The van der Waals surface area contributed by atoms with Gasteiger partial charge in [0.2, 0.25) is 0 Å². The number of nitrogens with one attached hydrogen (secondary N) is 2. The van der Waals surface area contributed by atoms with Gasteiger partial charge in [0, 0.05) is 23.6 Å². The molecule has 2 N–H and O–H groups in total. The number of H-pyrrole nitrogens is 1. The van der Waals surface area contributed by atoms with Gasteiger partial charge in [0.05, 0.1) is 5.69 Å². The molecular formula is C10H10N2. The van der Waals surface area contributed by atoms with Crippen LogP contribution in [0.5, 0.6) is 0 Å². The Morgan fingerprint density at radius 1 is 1.25 bits per heavy atom. The second-order valence-corrected chi connectivity index (χ2v) is 3.22. The molecule has 0 radical (unpaired) electrons. The van der Waals surface area contributed by atoms with Gasteiger partial charge in [-0.2, -0.15) is 0 Å². The van der Waals surface area contributed by atoms with E-state index >= 15 is 0 Å². The zero-order valence-corrected chi connectivity index (χ0v) is 6.72. The van der Waals surface area contributed by atoms with Gasteiger partial charge in [-0.3, -0.25) is 0 Å². The van der Waals surface area contributed by atoms with Crippen LogP contribution in [0.4, 0.5) is 5.69 Å². The Morgan fingerprint density at radius 3 is 3.25 bits per heavy atom. The van der Waals surface area contributed by atoms with E-state index in [1.807, 2.05) is 6.20 Å². The molecule has 1 aliphatic rings. The smallest absolute Gasteiger partial charge is 0.0600 e. The summed E-state index contributed by atoms with van der Waals surface area (Å²) < 4.78 is 0. The van der Waals surface area contributed by atoms with Gasteiger partial charge < -0.3 is 10.3 Å². The highest BCUT2D eigenvalue weighted by Crippen LogP contribution is 2.29. The van der Waals surface area contributed by atoms with E-state index in [9.17, 15) is 0 Å². The molecule has 2 heteroatoms. The van der Waals surface area contributed by atoms with Crippen molar-refractivity contribution in [2.75, 3.05) is 11.9 Å². The molecule has 2 heterocycles. The lowest BCUT2D eigenvalue weighted by atomic mass is 10.0. The maximum Gasteiger partial charge on any atom is 0.0600 e. The first kappa shape index (κ1) is 6.12. The van der Waals surface area contributed by atoms with Crippen molar-refractivity contribution in [2.24, 2.45) is 0 Å². The Hall–Kier alpha value is -1.44. The molecule has 2 nitrogen and oxygen atoms in total. The Kier molecular flexibility index (Phi) is 1.04. The maximum atomic E-state index is 3.38. The monoisotopic (exact) mass is 158 g/mol. The molecule has 0 spiro atoms. The lowest BCUT2D eigenvalue weighted by Crippen LogP contribution is -2.09. The first-order chi connectivity index (χ1) is 5.95. The summed E-state index contributed by atoms with van der Waals surface area (Å²) in [7, 11) is 0. The zero-order chi connectivity index (χ0) is 7.97. The molecule has 0 saturated carbocycles. The molecule has 0 unspecified atom stereocenters. The third-order valence-electron chi connectivity index (χ3n) is 2.50. The number of anilines is 1. The number of benzene rings is 1. The highest BCUT2D eigenvalue weighted by molar-refractivity contribution is 5.96. The number of rotatable bonds is 0. The second-order valence-electron chi connectivity index (χ2n) is 3.22. The van der Waals surface area contributed by atoms with Crippen LogP contribution in [0.15, 0.2) is 24.4 Å². The number of aromatic nitrogens is 1. The summed E-state index contributed by atoms with van der Waals surface area (Å²) in [5.74, 6) is 0. The molecular weight excluding hydrogens is 148 g/mol. The summed E-state index contributed by atoms with van der Waals surface area (Å²) in [4.78, 5) is 3.26. The van der Waals surface area contributed by atoms with Gasteiger partial charge in [-0.1, -0.05) is 12.1 Å². The van der Waals surface area contributed by atoms with Crippen LogP contribution in [0.1, 0.15) is 5.56 Å². The normalized spacial score (nSPS) is 14.7. The van der Waals surface area contributed by atoms with Gasteiger partial charge >= 0.3 is 0 Å². The standard InChI is InChI=1S/C10H10N2/c1-2-7-4-5-11-9-6-12-8(3-1)10(7)9/h1-3,6,11-12H,4-5H2. The Morgan fingerprint density at radius 2 is 2.25 bits per heavy atom. The number of hydrogen-bond donors (Lipinski definition) is 2. The SMILES string of the molecule is c1cc2c3c(c[nH]c3c1)NCC2. The number of hydrogen-bond acceptors (Lipinski definition) is 1. The van der Waals surface area contributed by atoms with Crippen LogP contribution in [0.3, 0.4) is 0 Å².